The molecule has 20 heavy (non-hydrogen) atoms. The largest absolute Gasteiger partial charge is 0.481 e. The number of hydrogen-bond donors (Lipinski definition) is 2. The van der Waals surface area contributed by atoms with E-state index in [2.05, 4.69) is 36.1 Å². The molecular weight excluding hydrogens is 254 g/mol. The van der Waals surface area contributed by atoms with Gasteiger partial charge in [0, 0.05) is 17.8 Å². The van der Waals surface area contributed by atoms with Gasteiger partial charge in [0.05, 0.1) is 6.42 Å². The number of aliphatic carboxylic acids is 1. The van der Waals surface area contributed by atoms with Crippen LogP contribution in [0.4, 0.5) is 5.82 Å². The summed E-state index contributed by atoms with van der Waals surface area (Å²) in [5.41, 5.74) is 1.02. The number of rotatable bonds is 6. The molecule has 5 nitrogen and oxygen atoms in total. The minimum Gasteiger partial charge on any atom is -0.481 e. The van der Waals surface area contributed by atoms with E-state index in [1.807, 2.05) is 19.9 Å². The molecule has 0 aliphatic heterocycles. The van der Waals surface area contributed by atoms with Gasteiger partial charge in [-0.1, -0.05) is 27.7 Å². The highest BCUT2D eigenvalue weighted by molar-refractivity contribution is 5.68. The van der Waals surface area contributed by atoms with Gasteiger partial charge in [0.25, 0.3) is 0 Å². The van der Waals surface area contributed by atoms with E-state index in [-0.39, 0.29) is 17.9 Å². The van der Waals surface area contributed by atoms with Gasteiger partial charge in [-0.25, -0.2) is 9.97 Å². The smallest absolute Gasteiger partial charge is 0.305 e. The molecule has 2 N–H and O–H groups in total. The van der Waals surface area contributed by atoms with Gasteiger partial charge in [-0.3, -0.25) is 4.79 Å². The maximum Gasteiger partial charge on any atom is 0.305 e. The summed E-state index contributed by atoms with van der Waals surface area (Å²) in [5, 5.41) is 12.3. The second-order valence-electron chi connectivity index (χ2n) is 6.35. The van der Waals surface area contributed by atoms with Crippen molar-refractivity contribution in [2.24, 2.45) is 5.41 Å². The second-order valence-corrected chi connectivity index (χ2v) is 6.35. The zero-order chi connectivity index (χ0) is 15.3. The van der Waals surface area contributed by atoms with Crippen molar-refractivity contribution in [2.45, 2.75) is 59.9 Å². The number of carboxylic acids is 1. The molecule has 0 spiro atoms. The Bertz CT molecular complexity index is 467. The lowest BCUT2D eigenvalue weighted by molar-refractivity contribution is -0.137. The fourth-order valence-electron chi connectivity index (χ4n) is 2.22. The molecule has 0 aliphatic carbocycles. The van der Waals surface area contributed by atoms with Crippen LogP contribution >= 0.6 is 0 Å². The molecule has 0 radical (unpaired) electrons. The first-order chi connectivity index (χ1) is 9.19. The van der Waals surface area contributed by atoms with Gasteiger partial charge in [0.2, 0.25) is 0 Å². The van der Waals surface area contributed by atoms with Gasteiger partial charge in [-0.15, -0.1) is 0 Å². The van der Waals surface area contributed by atoms with E-state index in [9.17, 15) is 4.79 Å². The Hall–Kier alpha value is -1.65. The number of carbonyl (C=O) groups is 1. The SMILES string of the molecule is CCc1cc(NC(CC(=O)O)CC(C)(C)C)nc(C)n1. The normalized spacial score (nSPS) is 13.1. The van der Waals surface area contributed by atoms with Crippen LogP contribution in [0, 0.1) is 12.3 Å². The Labute approximate surface area is 120 Å². The first-order valence-electron chi connectivity index (χ1n) is 7.02. The number of carboxylic acid groups (broad SMARTS) is 1. The first kappa shape index (κ1) is 16.4. The summed E-state index contributed by atoms with van der Waals surface area (Å²) in [7, 11) is 0. The molecule has 0 bridgehead atoms. The van der Waals surface area contributed by atoms with Crippen molar-refractivity contribution in [1.29, 1.82) is 0 Å². The quantitative estimate of drug-likeness (QED) is 0.837. The standard InChI is InChI=1S/C15H25N3O2/c1-6-11-7-13(17-10(2)16-11)18-12(8-14(19)20)9-15(3,4)5/h7,12H,6,8-9H2,1-5H3,(H,19,20)(H,16,17,18). The molecule has 1 unspecified atom stereocenters. The molecule has 0 aliphatic rings. The number of nitrogens with zero attached hydrogens (tertiary/aromatic N) is 2. The predicted molar refractivity (Wildman–Crippen MR) is 79.9 cm³/mol. The summed E-state index contributed by atoms with van der Waals surface area (Å²) in [5.74, 6) is 0.620. The highest BCUT2D eigenvalue weighted by Crippen LogP contribution is 2.24. The number of hydrogen-bond acceptors (Lipinski definition) is 4. The van der Waals surface area contributed by atoms with Crippen LogP contribution in [0.25, 0.3) is 0 Å². The van der Waals surface area contributed by atoms with Crippen molar-refractivity contribution in [2.75, 3.05) is 5.32 Å². The average Bonchev–Trinajstić information content (AvgIpc) is 2.24. The van der Waals surface area contributed by atoms with Crippen molar-refractivity contribution < 1.29 is 9.90 Å². The van der Waals surface area contributed by atoms with Gasteiger partial charge >= 0.3 is 5.97 Å². The molecule has 112 valence electrons. The molecule has 0 saturated heterocycles. The van der Waals surface area contributed by atoms with Crippen LogP contribution in [0.3, 0.4) is 0 Å². The Morgan fingerprint density at radius 1 is 1.40 bits per heavy atom. The van der Waals surface area contributed by atoms with E-state index in [0.717, 1.165) is 18.5 Å². The molecule has 5 heteroatoms. The van der Waals surface area contributed by atoms with Gasteiger partial charge in [-0.2, -0.15) is 0 Å². The first-order valence-corrected chi connectivity index (χ1v) is 7.02. The van der Waals surface area contributed by atoms with Gasteiger partial charge < -0.3 is 10.4 Å². The summed E-state index contributed by atoms with van der Waals surface area (Å²) in [6.07, 6.45) is 1.69. The molecular formula is C15H25N3O2. The third kappa shape index (κ3) is 5.99. The zero-order valence-electron chi connectivity index (χ0n) is 13.0. The number of anilines is 1. The van der Waals surface area contributed by atoms with E-state index in [4.69, 9.17) is 5.11 Å². The van der Waals surface area contributed by atoms with Crippen LogP contribution in [0.1, 0.15) is 52.1 Å². The van der Waals surface area contributed by atoms with E-state index in [1.165, 1.54) is 0 Å². The van der Waals surface area contributed by atoms with Crippen molar-refractivity contribution in [3.8, 4) is 0 Å². The summed E-state index contributed by atoms with van der Waals surface area (Å²) in [4.78, 5) is 19.7. The molecule has 1 heterocycles. The molecule has 1 aromatic rings. The van der Waals surface area contributed by atoms with Crippen LogP contribution in [-0.4, -0.2) is 27.1 Å². The fraction of sp³-hybridized carbons (Fsp3) is 0.667. The van der Waals surface area contributed by atoms with Crippen molar-refractivity contribution in [3.63, 3.8) is 0 Å². The topological polar surface area (TPSA) is 75.1 Å². The summed E-state index contributed by atoms with van der Waals surface area (Å²) in [6, 6.07) is 1.76. The van der Waals surface area contributed by atoms with Gasteiger partial charge in [0.1, 0.15) is 11.6 Å². The lowest BCUT2D eigenvalue weighted by atomic mass is 9.87. The van der Waals surface area contributed by atoms with Gasteiger partial charge in [-0.05, 0) is 25.2 Å². The molecule has 1 atom stereocenters. The van der Waals surface area contributed by atoms with Gasteiger partial charge in [0.15, 0.2) is 0 Å². The van der Waals surface area contributed by atoms with Crippen LogP contribution in [0.5, 0.6) is 0 Å². The minimum atomic E-state index is -0.798. The monoisotopic (exact) mass is 279 g/mol. The van der Waals surface area contributed by atoms with E-state index in [0.29, 0.717) is 11.6 Å². The lowest BCUT2D eigenvalue weighted by Crippen LogP contribution is -2.29. The van der Waals surface area contributed by atoms with E-state index >= 15 is 0 Å². The predicted octanol–water partition coefficient (Wildman–Crippen LogP) is 3.04. The van der Waals surface area contributed by atoms with Crippen molar-refractivity contribution >= 4 is 11.8 Å². The highest BCUT2D eigenvalue weighted by Gasteiger charge is 2.21. The third-order valence-corrected chi connectivity index (χ3v) is 2.89. The molecule has 0 fully saturated rings. The minimum absolute atomic E-state index is 0.0583. The number of nitrogens with one attached hydrogen (secondary N) is 1. The Kier molecular flexibility index (Phi) is 5.48. The zero-order valence-corrected chi connectivity index (χ0v) is 13.0. The summed E-state index contributed by atoms with van der Waals surface area (Å²) < 4.78 is 0. The van der Waals surface area contributed by atoms with Crippen LogP contribution in [0.15, 0.2) is 6.07 Å². The Morgan fingerprint density at radius 3 is 2.55 bits per heavy atom. The van der Waals surface area contributed by atoms with Crippen molar-refractivity contribution in [1.82, 2.24) is 9.97 Å². The van der Waals surface area contributed by atoms with Crippen LogP contribution < -0.4 is 5.32 Å². The van der Waals surface area contributed by atoms with Crippen LogP contribution in [0.2, 0.25) is 0 Å². The Morgan fingerprint density at radius 2 is 2.05 bits per heavy atom. The molecule has 1 rings (SSSR count). The lowest BCUT2D eigenvalue weighted by Gasteiger charge is -2.26. The summed E-state index contributed by atoms with van der Waals surface area (Å²) in [6.45, 7) is 10.2. The third-order valence-electron chi connectivity index (χ3n) is 2.89. The van der Waals surface area contributed by atoms with E-state index in [1.54, 1.807) is 0 Å². The van der Waals surface area contributed by atoms with E-state index < -0.39 is 5.97 Å². The molecule has 1 aromatic heterocycles. The summed E-state index contributed by atoms with van der Waals surface area (Å²) >= 11 is 0. The molecule has 0 saturated carbocycles. The van der Waals surface area contributed by atoms with Crippen molar-refractivity contribution in [3.05, 3.63) is 17.6 Å². The molecule has 0 amide bonds. The average molecular weight is 279 g/mol. The number of aromatic nitrogens is 2. The maximum atomic E-state index is 11.0. The maximum absolute atomic E-state index is 11.0. The number of aryl methyl sites for hydroxylation is 2. The molecule has 0 aromatic carbocycles. The second kappa shape index (κ2) is 6.68. The highest BCUT2D eigenvalue weighted by atomic mass is 16.4. The Balaban J connectivity index is 2.88. The van der Waals surface area contributed by atoms with Crippen LogP contribution in [-0.2, 0) is 11.2 Å². The fourth-order valence-corrected chi connectivity index (χ4v) is 2.22.